The molecular weight excluding hydrogens is 364 g/mol. The third kappa shape index (κ3) is 5.20. The van der Waals surface area contributed by atoms with Gasteiger partial charge in [-0.3, -0.25) is 4.79 Å². The Hall–Kier alpha value is -1.60. The Balaban J connectivity index is 1.50. The second-order valence-electron chi connectivity index (χ2n) is 6.65. The quantitative estimate of drug-likeness (QED) is 0.659. The highest BCUT2D eigenvalue weighted by molar-refractivity contribution is 8.01. The SMILES string of the molecule is CCc1cccc(C)c1NC(=O)CSc1nnc(NC2CCCCC2)s1. The molecule has 2 aromatic rings. The molecule has 1 aliphatic carbocycles. The van der Waals surface area contributed by atoms with E-state index in [1.54, 1.807) is 0 Å². The van der Waals surface area contributed by atoms with Crippen LogP contribution in [-0.2, 0) is 11.2 Å². The normalized spacial score (nSPS) is 15.0. The number of nitrogens with zero attached hydrogens (tertiary/aromatic N) is 2. The van der Waals surface area contributed by atoms with Crippen LogP contribution < -0.4 is 10.6 Å². The summed E-state index contributed by atoms with van der Waals surface area (Å²) in [6, 6.07) is 6.63. The molecular formula is C19H26N4OS2. The number of anilines is 2. The molecule has 140 valence electrons. The van der Waals surface area contributed by atoms with Gasteiger partial charge < -0.3 is 10.6 Å². The van der Waals surface area contributed by atoms with E-state index in [1.165, 1.54) is 60.8 Å². The van der Waals surface area contributed by atoms with E-state index < -0.39 is 0 Å². The summed E-state index contributed by atoms with van der Waals surface area (Å²) in [5.41, 5.74) is 3.20. The Morgan fingerprint density at radius 2 is 2.08 bits per heavy atom. The molecule has 26 heavy (non-hydrogen) atoms. The minimum absolute atomic E-state index is 0.00371. The molecule has 0 bridgehead atoms. The van der Waals surface area contributed by atoms with E-state index in [-0.39, 0.29) is 5.91 Å². The summed E-state index contributed by atoms with van der Waals surface area (Å²) in [5, 5.41) is 15.8. The van der Waals surface area contributed by atoms with Gasteiger partial charge in [0.15, 0.2) is 4.34 Å². The highest BCUT2D eigenvalue weighted by atomic mass is 32.2. The van der Waals surface area contributed by atoms with Crippen LogP contribution in [0.4, 0.5) is 10.8 Å². The van der Waals surface area contributed by atoms with Gasteiger partial charge in [-0.1, -0.05) is 67.5 Å². The molecule has 1 amide bonds. The number of aryl methyl sites for hydroxylation is 2. The molecule has 1 saturated carbocycles. The molecule has 0 radical (unpaired) electrons. The molecule has 1 aromatic heterocycles. The maximum atomic E-state index is 12.3. The Morgan fingerprint density at radius 3 is 2.85 bits per heavy atom. The van der Waals surface area contributed by atoms with Gasteiger partial charge in [0.25, 0.3) is 0 Å². The number of amides is 1. The van der Waals surface area contributed by atoms with E-state index in [0.717, 1.165) is 27.1 Å². The van der Waals surface area contributed by atoms with E-state index in [2.05, 4.69) is 33.8 Å². The average molecular weight is 391 g/mol. The largest absolute Gasteiger partial charge is 0.357 e. The molecule has 0 spiro atoms. The van der Waals surface area contributed by atoms with Crippen LogP contribution in [0, 0.1) is 6.92 Å². The highest BCUT2D eigenvalue weighted by Crippen LogP contribution is 2.29. The molecule has 0 aliphatic heterocycles. The lowest BCUT2D eigenvalue weighted by atomic mass is 9.96. The summed E-state index contributed by atoms with van der Waals surface area (Å²) < 4.78 is 0.832. The number of rotatable bonds is 7. The van der Waals surface area contributed by atoms with Crippen molar-refractivity contribution in [1.29, 1.82) is 0 Å². The third-order valence-corrected chi connectivity index (χ3v) is 6.66. The number of thioether (sulfide) groups is 1. The van der Waals surface area contributed by atoms with Crippen LogP contribution in [0.5, 0.6) is 0 Å². The van der Waals surface area contributed by atoms with Crippen molar-refractivity contribution in [2.24, 2.45) is 0 Å². The molecule has 0 saturated heterocycles. The van der Waals surface area contributed by atoms with Crippen molar-refractivity contribution < 1.29 is 4.79 Å². The summed E-state index contributed by atoms with van der Waals surface area (Å²) in [5.74, 6) is 0.339. The Kier molecular flexibility index (Phi) is 6.91. The van der Waals surface area contributed by atoms with Gasteiger partial charge in [-0.25, -0.2) is 0 Å². The standard InChI is InChI=1S/C19H26N4OS2/c1-3-14-9-7-8-13(2)17(14)21-16(24)12-25-19-23-22-18(26-19)20-15-10-5-4-6-11-15/h7-9,15H,3-6,10-12H2,1-2H3,(H,20,22)(H,21,24). The summed E-state index contributed by atoms with van der Waals surface area (Å²) in [6.45, 7) is 4.12. The fourth-order valence-electron chi connectivity index (χ4n) is 3.25. The number of nitrogens with one attached hydrogen (secondary N) is 2. The Bertz CT molecular complexity index is 741. The molecule has 5 nitrogen and oxygen atoms in total. The van der Waals surface area contributed by atoms with Crippen LogP contribution >= 0.6 is 23.1 Å². The van der Waals surface area contributed by atoms with Crippen molar-refractivity contribution in [3.05, 3.63) is 29.3 Å². The van der Waals surface area contributed by atoms with E-state index in [4.69, 9.17) is 0 Å². The van der Waals surface area contributed by atoms with Gasteiger partial charge >= 0.3 is 0 Å². The topological polar surface area (TPSA) is 66.9 Å². The number of carbonyl (C=O) groups is 1. The van der Waals surface area contributed by atoms with Gasteiger partial charge in [0, 0.05) is 11.7 Å². The number of aromatic nitrogens is 2. The summed E-state index contributed by atoms with van der Waals surface area (Å²) in [7, 11) is 0. The molecule has 1 heterocycles. The van der Waals surface area contributed by atoms with Crippen molar-refractivity contribution in [2.75, 3.05) is 16.4 Å². The number of hydrogen-bond acceptors (Lipinski definition) is 6. The van der Waals surface area contributed by atoms with Crippen LogP contribution in [0.2, 0.25) is 0 Å². The van der Waals surface area contributed by atoms with Crippen molar-refractivity contribution in [3.63, 3.8) is 0 Å². The lowest BCUT2D eigenvalue weighted by Gasteiger charge is -2.21. The minimum Gasteiger partial charge on any atom is -0.357 e. The van der Waals surface area contributed by atoms with Crippen LogP contribution in [-0.4, -0.2) is 27.9 Å². The van der Waals surface area contributed by atoms with Gasteiger partial charge in [-0.2, -0.15) is 0 Å². The third-order valence-electron chi connectivity index (χ3n) is 4.67. The van der Waals surface area contributed by atoms with Crippen molar-refractivity contribution in [1.82, 2.24) is 10.2 Å². The van der Waals surface area contributed by atoms with E-state index in [1.807, 2.05) is 19.1 Å². The van der Waals surface area contributed by atoms with Gasteiger partial charge in [-0.15, -0.1) is 10.2 Å². The number of hydrogen-bond donors (Lipinski definition) is 2. The van der Waals surface area contributed by atoms with Crippen molar-refractivity contribution >= 4 is 39.8 Å². The van der Waals surface area contributed by atoms with E-state index in [0.29, 0.717) is 11.8 Å². The predicted octanol–water partition coefficient (Wildman–Crippen LogP) is 4.88. The number of benzene rings is 1. The van der Waals surface area contributed by atoms with Gasteiger partial charge in [0.1, 0.15) is 0 Å². The maximum absolute atomic E-state index is 12.3. The Morgan fingerprint density at radius 1 is 1.27 bits per heavy atom. The van der Waals surface area contributed by atoms with Gasteiger partial charge in [0.2, 0.25) is 11.0 Å². The van der Waals surface area contributed by atoms with Crippen LogP contribution in [0.25, 0.3) is 0 Å². The summed E-state index contributed by atoms with van der Waals surface area (Å²) in [6.07, 6.45) is 7.23. The van der Waals surface area contributed by atoms with Gasteiger partial charge in [-0.05, 0) is 37.3 Å². The first kappa shape index (κ1) is 19.2. The average Bonchev–Trinajstić information content (AvgIpc) is 3.10. The molecule has 1 fully saturated rings. The predicted molar refractivity (Wildman–Crippen MR) is 110 cm³/mol. The molecule has 1 aliphatic rings. The molecule has 2 N–H and O–H groups in total. The first-order chi connectivity index (χ1) is 12.7. The molecule has 1 aromatic carbocycles. The van der Waals surface area contributed by atoms with Crippen LogP contribution in [0.1, 0.15) is 50.2 Å². The number of carbonyl (C=O) groups excluding carboxylic acids is 1. The van der Waals surface area contributed by atoms with E-state index >= 15 is 0 Å². The molecule has 0 unspecified atom stereocenters. The first-order valence-corrected chi connectivity index (χ1v) is 11.1. The zero-order chi connectivity index (χ0) is 18.4. The van der Waals surface area contributed by atoms with E-state index in [9.17, 15) is 4.79 Å². The van der Waals surface area contributed by atoms with Crippen molar-refractivity contribution in [2.45, 2.75) is 62.8 Å². The van der Waals surface area contributed by atoms with Crippen LogP contribution in [0.3, 0.4) is 0 Å². The zero-order valence-corrected chi connectivity index (χ0v) is 17.0. The first-order valence-electron chi connectivity index (χ1n) is 9.27. The smallest absolute Gasteiger partial charge is 0.234 e. The summed E-state index contributed by atoms with van der Waals surface area (Å²) in [4.78, 5) is 12.3. The highest BCUT2D eigenvalue weighted by Gasteiger charge is 2.16. The second kappa shape index (κ2) is 9.37. The van der Waals surface area contributed by atoms with Crippen LogP contribution in [0.15, 0.2) is 22.5 Å². The van der Waals surface area contributed by atoms with Crippen molar-refractivity contribution in [3.8, 4) is 0 Å². The second-order valence-corrected chi connectivity index (χ2v) is 8.85. The lowest BCUT2D eigenvalue weighted by Crippen LogP contribution is -2.21. The zero-order valence-electron chi connectivity index (χ0n) is 15.4. The summed E-state index contributed by atoms with van der Waals surface area (Å²) >= 11 is 2.98. The lowest BCUT2D eigenvalue weighted by molar-refractivity contribution is -0.113. The minimum atomic E-state index is -0.00371. The monoisotopic (exact) mass is 390 g/mol. The Labute approximate surface area is 163 Å². The fraction of sp³-hybridized carbons (Fsp3) is 0.526. The molecule has 3 rings (SSSR count). The molecule has 7 heteroatoms. The van der Waals surface area contributed by atoms with Gasteiger partial charge in [0.05, 0.1) is 5.75 Å². The fourth-order valence-corrected chi connectivity index (χ4v) is 4.88. The maximum Gasteiger partial charge on any atom is 0.234 e. The number of para-hydroxylation sites is 1. The molecule has 0 atom stereocenters.